The zero-order valence-corrected chi connectivity index (χ0v) is 12.6. The van der Waals surface area contributed by atoms with Gasteiger partial charge in [-0.2, -0.15) is 0 Å². The third kappa shape index (κ3) is 3.96. The van der Waals surface area contributed by atoms with Crippen molar-refractivity contribution in [3.8, 4) is 5.75 Å². The monoisotopic (exact) mass is 306 g/mol. The highest BCUT2D eigenvalue weighted by atomic mass is 32.2. The molecule has 5 nitrogen and oxygen atoms in total. The molecule has 21 heavy (non-hydrogen) atoms. The second-order valence-corrected chi connectivity index (χ2v) is 6.24. The molecule has 0 saturated carbocycles. The lowest BCUT2D eigenvalue weighted by atomic mass is 10.2. The Balaban J connectivity index is 2.29. The minimum Gasteiger partial charge on any atom is -0.490 e. The van der Waals surface area contributed by atoms with E-state index < -0.39 is 10.0 Å². The number of aryl methyl sites for hydroxylation is 1. The van der Waals surface area contributed by atoms with Crippen molar-refractivity contribution in [2.24, 2.45) is 5.73 Å². The van der Waals surface area contributed by atoms with E-state index >= 15 is 0 Å². The first-order valence-electron chi connectivity index (χ1n) is 6.54. The maximum atomic E-state index is 12.4. The number of hydrogen-bond donors (Lipinski definition) is 2. The number of anilines is 1. The Morgan fingerprint density at radius 2 is 1.90 bits per heavy atom. The van der Waals surface area contributed by atoms with Crippen LogP contribution in [-0.2, 0) is 10.0 Å². The zero-order chi connectivity index (χ0) is 15.3. The van der Waals surface area contributed by atoms with Crippen molar-refractivity contribution in [3.05, 3.63) is 54.1 Å². The Morgan fingerprint density at radius 1 is 1.14 bits per heavy atom. The second kappa shape index (κ2) is 6.60. The molecule has 0 aliphatic heterocycles. The smallest absolute Gasteiger partial charge is 0.262 e. The van der Waals surface area contributed by atoms with Gasteiger partial charge >= 0.3 is 0 Å². The van der Waals surface area contributed by atoms with Gasteiger partial charge in [0.25, 0.3) is 10.0 Å². The van der Waals surface area contributed by atoms with Gasteiger partial charge in [-0.15, -0.1) is 0 Å². The van der Waals surface area contributed by atoms with E-state index in [9.17, 15) is 8.42 Å². The molecule has 0 unspecified atom stereocenters. The van der Waals surface area contributed by atoms with Crippen LogP contribution in [0.5, 0.6) is 5.75 Å². The maximum absolute atomic E-state index is 12.4. The Kier molecular flexibility index (Phi) is 4.82. The minimum absolute atomic E-state index is 0.219. The highest BCUT2D eigenvalue weighted by Gasteiger charge is 2.16. The Hall–Kier alpha value is -2.05. The molecule has 0 atom stereocenters. The van der Waals surface area contributed by atoms with Crippen LogP contribution in [0.2, 0.25) is 0 Å². The fraction of sp³-hybridized carbons (Fsp3) is 0.200. The van der Waals surface area contributed by atoms with Gasteiger partial charge in [-0.1, -0.05) is 24.3 Å². The summed E-state index contributed by atoms with van der Waals surface area (Å²) in [6.45, 7) is 2.53. The predicted octanol–water partition coefficient (Wildman–Crippen LogP) is 2.13. The Bertz CT molecular complexity index is 714. The highest BCUT2D eigenvalue weighted by molar-refractivity contribution is 7.92. The number of hydrogen-bond acceptors (Lipinski definition) is 4. The lowest BCUT2D eigenvalue weighted by Crippen LogP contribution is -2.15. The van der Waals surface area contributed by atoms with Gasteiger partial charge in [0.15, 0.2) is 0 Å². The molecule has 0 aromatic heterocycles. The molecule has 0 saturated heterocycles. The van der Waals surface area contributed by atoms with Gasteiger partial charge in [0.1, 0.15) is 12.4 Å². The van der Waals surface area contributed by atoms with Crippen LogP contribution in [0.3, 0.4) is 0 Å². The minimum atomic E-state index is -3.64. The first-order chi connectivity index (χ1) is 10.0. The number of nitrogens with one attached hydrogen (secondary N) is 1. The van der Waals surface area contributed by atoms with Crippen molar-refractivity contribution in [1.29, 1.82) is 0 Å². The van der Waals surface area contributed by atoms with E-state index in [1.807, 2.05) is 13.0 Å². The molecule has 0 amide bonds. The van der Waals surface area contributed by atoms with E-state index in [-0.39, 0.29) is 4.90 Å². The van der Waals surface area contributed by atoms with Crippen LogP contribution in [0.1, 0.15) is 5.56 Å². The summed E-state index contributed by atoms with van der Waals surface area (Å²) in [5.74, 6) is 0.458. The summed E-state index contributed by atoms with van der Waals surface area (Å²) in [6, 6.07) is 13.6. The van der Waals surface area contributed by atoms with Crippen molar-refractivity contribution in [2.45, 2.75) is 11.8 Å². The molecule has 112 valence electrons. The summed E-state index contributed by atoms with van der Waals surface area (Å²) >= 11 is 0. The highest BCUT2D eigenvalue weighted by Crippen LogP contribution is 2.26. The molecule has 0 aliphatic rings. The summed E-state index contributed by atoms with van der Waals surface area (Å²) in [4.78, 5) is 0.219. The first kappa shape index (κ1) is 15.3. The molecule has 0 fully saturated rings. The molecule has 0 spiro atoms. The number of benzene rings is 2. The van der Waals surface area contributed by atoms with Crippen molar-refractivity contribution in [3.63, 3.8) is 0 Å². The summed E-state index contributed by atoms with van der Waals surface area (Å²) in [5, 5.41) is 0. The normalized spacial score (nSPS) is 11.1. The number of para-hydroxylation sites is 2. The molecule has 2 aromatic carbocycles. The van der Waals surface area contributed by atoms with Crippen LogP contribution < -0.4 is 15.2 Å². The van der Waals surface area contributed by atoms with Crippen LogP contribution in [0.25, 0.3) is 0 Å². The van der Waals surface area contributed by atoms with Crippen molar-refractivity contribution >= 4 is 15.7 Å². The molecule has 0 bridgehead atoms. The van der Waals surface area contributed by atoms with E-state index in [4.69, 9.17) is 10.5 Å². The van der Waals surface area contributed by atoms with Gasteiger partial charge in [0.2, 0.25) is 0 Å². The van der Waals surface area contributed by atoms with E-state index in [0.29, 0.717) is 24.6 Å². The average Bonchev–Trinajstić information content (AvgIpc) is 2.46. The van der Waals surface area contributed by atoms with Crippen molar-refractivity contribution in [1.82, 2.24) is 0 Å². The van der Waals surface area contributed by atoms with Crippen LogP contribution in [0.4, 0.5) is 5.69 Å². The fourth-order valence-corrected chi connectivity index (χ4v) is 3.01. The van der Waals surface area contributed by atoms with E-state index in [1.54, 1.807) is 42.5 Å². The molecule has 6 heteroatoms. The molecule has 3 N–H and O–H groups in total. The number of ether oxygens (including phenoxy) is 1. The standard InChI is InChI=1S/C15H18N2O3S/c1-12-5-4-6-13(11-12)21(18,19)17-14-7-2-3-8-15(14)20-10-9-16/h2-8,11,17H,9-10,16H2,1H3. The summed E-state index contributed by atoms with van der Waals surface area (Å²) in [7, 11) is -3.64. The number of nitrogens with two attached hydrogens (primary N) is 1. The van der Waals surface area contributed by atoms with Gasteiger partial charge in [-0.25, -0.2) is 8.42 Å². The molecule has 0 aliphatic carbocycles. The summed E-state index contributed by atoms with van der Waals surface area (Å²) < 4.78 is 32.8. The topological polar surface area (TPSA) is 81.4 Å². The Morgan fingerprint density at radius 3 is 2.62 bits per heavy atom. The third-order valence-corrected chi connectivity index (χ3v) is 4.17. The molecule has 2 rings (SSSR count). The summed E-state index contributed by atoms with van der Waals surface area (Å²) in [6.07, 6.45) is 0. The second-order valence-electron chi connectivity index (χ2n) is 4.56. The lowest BCUT2D eigenvalue weighted by molar-refractivity contribution is 0.330. The largest absolute Gasteiger partial charge is 0.490 e. The van der Waals surface area contributed by atoms with Gasteiger partial charge in [0.05, 0.1) is 10.6 Å². The maximum Gasteiger partial charge on any atom is 0.262 e. The zero-order valence-electron chi connectivity index (χ0n) is 11.7. The average molecular weight is 306 g/mol. The fourth-order valence-electron chi connectivity index (χ4n) is 1.83. The van der Waals surface area contributed by atoms with Crippen LogP contribution in [0, 0.1) is 6.92 Å². The quantitative estimate of drug-likeness (QED) is 0.856. The van der Waals surface area contributed by atoms with E-state index in [2.05, 4.69) is 4.72 Å². The van der Waals surface area contributed by atoms with E-state index in [0.717, 1.165) is 5.56 Å². The molecule has 0 radical (unpaired) electrons. The van der Waals surface area contributed by atoms with Crippen molar-refractivity contribution in [2.75, 3.05) is 17.9 Å². The van der Waals surface area contributed by atoms with Gasteiger partial charge in [-0.3, -0.25) is 4.72 Å². The summed E-state index contributed by atoms with van der Waals surface area (Å²) in [5.41, 5.74) is 6.67. The molecule has 0 heterocycles. The predicted molar refractivity (Wildman–Crippen MR) is 83.0 cm³/mol. The van der Waals surface area contributed by atoms with Crippen LogP contribution >= 0.6 is 0 Å². The Labute approximate surface area is 124 Å². The van der Waals surface area contributed by atoms with Crippen molar-refractivity contribution < 1.29 is 13.2 Å². The third-order valence-electron chi connectivity index (χ3n) is 2.81. The van der Waals surface area contributed by atoms with Gasteiger partial charge in [-0.05, 0) is 36.8 Å². The lowest BCUT2D eigenvalue weighted by Gasteiger charge is -2.13. The van der Waals surface area contributed by atoms with E-state index in [1.165, 1.54) is 0 Å². The van der Waals surface area contributed by atoms with Crippen LogP contribution in [0.15, 0.2) is 53.4 Å². The molecular weight excluding hydrogens is 288 g/mol. The molecular formula is C15H18N2O3S. The number of sulfonamides is 1. The van der Waals surface area contributed by atoms with Gasteiger partial charge < -0.3 is 10.5 Å². The van der Waals surface area contributed by atoms with Gasteiger partial charge in [0, 0.05) is 6.54 Å². The number of rotatable bonds is 6. The van der Waals surface area contributed by atoms with Crippen LogP contribution in [-0.4, -0.2) is 21.6 Å². The molecule has 2 aromatic rings. The SMILES string of the molecule is Cc1cccc(S(=O)(=O)Nc2ccccc2OCCN)c1. The first-order valence-corrected chi connectivity index (χ1v) is 8.02.